The van der Waals surface area contributed by atoms with E-state index >= 15 is 0 Å². The van der Waals surface area contributed by atoms with E-state index in [1.54, 1.807) is 0 Å². The van der Waals surface area contributed by atoms with Crippen LogP contribution >= 0.6 is 0 Å². The van der Waals surface area contributed by atoms with Crippen LogP contribution in [0.3, 0.4) is 0 Å². The predicted molar refractivity (Wildman–Crippen MR) is 101 cm³/mol. The van der Waals surface area contributed by atoms with Gasteiger partial charge in [-0.25, -0.2) is 0 Å². The van der Waals surface area contributed by atoms with Crippen molar-refractivity contribution in [3.8, 4) is 0 Å². The molecule has 1 amide bonds. The van der Waals surface area contributed by atoms with E-state index < -0.39 is 0 Å². The number of piperazine rings is 1. The number of nitrogens with zero attached hydrogens (tertiary/aromatic N) is 2. The maximum Gasteiger partial charge on any atom is 0.494 e. The maximum absolute atomic E-state index is 11.8. The average molecular weight is 344 g/mol. The Kier molecular flexibility index (Phi) is 4.86. The van der Waals surface area contributed by atoms with Crippen LogP contribution in [0.1, 0.15) is 41.0 Å². The lowest BCUT2D eigenvalue weighted by molar-refractivity contribution is -0.131. The van der Waals surface area contributed by atoms with E-state index in [9.17, 15) is 4.79 Å². The smallest absolute Gasteiger partial charge is 0.399 e. The molecule has 2 aliphatic rings. The Bertz CT molecular complexity index is 623. The molecule has 2 heterocycles. The van der Waals surface area contributed by atoms with E-state index in [1.165, 1.54) is 0 Å². The van der Waals surface area contributed by atoms with Crippen LogP contribution in [0.4, 0.5) is 5.69 Å². The van der Waals surface area contributed by atoms with Gasteiger partial charge in [-0.3, -0.25) is 4.79 Å². The molecule has 0 unspecified atom stereocenters. The average Bonchev–Trinajstić information content (AvgIpc) is 2.82. The number of rotatable bonds is 3. The van der Waals surface area contributed by atoms with Gasteiger partial charge in [0.25, 0.3) is 0 Å². The van der Waals surface area contributed by atoms with E-state index in [0.717, 1.165) is 37.3 Å². The molecule has 0 spiro atoms. The third kappa shape index (κ3) is 3.56. The van der Waals surface area contributed by atoms with Crippen LogP contribution in [0, 0.1) is 0 Å². The van der Waals surface area contributed by atoms with E-state index in [4.69, 9.17) is 9.31 Å². The number of hydrogen-bond acceptors (Lipinski definition) is 4. The van der Waals surface area contributed by atoms with Gasteiger partial charge in [0.15, 0.2) is 0 Å². The zero-order valence-corrected chi connectivity index (χ0v) is 16.0. The minimum atomic E-state index is -0.340. The van der Waals surface area contributed by atoms with Gasteiger partial charge in [-0.2, -0.15) is 0 Å². The molecule has 0 saturated carbocycles. The first kappa shape index (κ1) is 18.3. The normalized spacial score (nSPS) is 22.4. The molecule has 2 aliphatic heterocycles. The molecule has 0 N–H and O–H groups in total. The SMILES string of the molecule is CCC(=O)N1CCN(c2cccc(B3OC(C)(C)C(C)(C)O3)c2)CC1. The van der Waals surface area contributed by atoms with Gasteiger partial charge in [0.1, 0.15) is 0 Å². The van der Waals surface area contributed by atoms with E-state index in [0.29, 0.717) is 6.42 Å². The van der Waals surface area contributed by atoms with Crippen LogP contribution in [0.15, 0.2) is 24.3 Å². The Morgan fingerprint density at radius 3 is 2.24 bits per heavy atom. The second-order valence-corrected chi connectivity index (χ2v) is 7.90. The molecular weight excluding hydrogens is 315 g/mol. The fraction of sp³-hybridized carbons (Fsp3) is 0.632. The van der Waals surface area contributed by atoms with Gasteiger partial charge in [-0.1, -0.05) is 19.1 Å². The highest BCUT2D eigenvalue weighted by atomic mass is 16.7. The molecule has 25 heavy (non-hydrogen) atoms. The molecule has 0 bridgehead atoms. The molecule has 0 aromatic heterocycles. The van der Waals surface area contributed by atoms with Crippen molar-refractivity contribution >= 4 is 24.2 Å². The van der Waals surface area contributed by atoms with Crippen LogP contribution in [-0.2, 0) is 14.1 Å². The van der Waals surface area contributed by atoms with Crippen LogP contribution in [0.5, 0.6) is 0 Å². The molecular formula is C19H29BN2O3. The third-order valence-corrected chi connectivity index (χ3v) is 5.70. The molecule has 1 aromatic rings. The molecule has 2 saturated heterocycles. The van der Waals surface area contributed by atoms with Crippen LogP contribution in [-0.4, -0.2) is 55.3 Å². The lowest BCUT2D eigenvalue weighted by atomic mass is 9.79. The summed E-state index contributed by atoms with van der Waals surface area (Å²) in [7, 11) is -0.340. The van der Waals surface area contributed by atoms with Crippen LogP contribution in [0.25, 0.3) is 0 Å². The first-order chi connectivity index (χ1) is 11.7. The highest BCUT2D eigenvalue weighted by Crippen LogP contribution is 2.36. The topological polar surface area (TPSA) is 42.0 Å². The van der Waals surface area contributed by atoms with Gasteiger partial charge in [0.2, 0.25) is 5.91 Å². The summed E-state index contributed by atoms with van der Waals surface area (Å²) in [5.74, 6) is 0.241. The summed E-state index contributed by atoms with van der Waals surface area (Å²) in [6, 6.07) is 8.38. The van der Waals surface area contributed by atoms with Gasteiger partial charge >= 0.3 is 7.12 Å². The Morgan fingerprint density at radius 1 is 1.08 bits per heavy atom. The van der Waals surface area contributed by atoms with Crippen molar-refractivity contribution in [2.75, 3.05) is 31.1 Å². The molecule has 1 aromatic carbocycles. The summed E-state index contributed by atoms with van der Waals surface area (Å²) in [6.07, 6.45) is 0.581. The molecule has 136 valence electrons. The molecule has 0 radical (unpaired) electrons. The van der Waals surface area contributed by atoms with Crippen molar-refractivity contribution < 1.29 is 14.1 Å². The van der Waals surface area contributed by atoms with Crippen molar-refractivity contribution in [1.82, 2.24) is 4.90 Å². The fourth-order valence-corrected chi connectivity index (χ4v) is 3.28. The Hall–Kier alpha value is -1.53. The summed E-state index contributed by atoms with van der Waals surface area (Å²) in [4.78, 5) is 16.1. The highest BCUT2D eigenvalue weighted by Gasteiger charge is 2.51. The minimum absolute atomic E-state index is 0.241. The number of carbonyl (C=O) groups excluding carboxylic acids is 1. The van der Waals surface area contributed by atoms with Gasteiger partial charge < -0.3 is 19.1 Å². The molecule has 3 rings (SSSR count). The van der Waals surface area contributed by atoms with Crippen molar-refractivity contribution in [3.05, 3.63) is 24.3 Å². The van der Waals surface area contributed by atoms with Gasteiger partial charge in [0, 0.05) is 38.3 Å². The van der Waals surface area contributed by atoms with E-state index in [-0.39, 0.29) is 24.2 Å². The Morgan fingerprint density at radius 2 is 1.68 bits per heavy atom. The maximum atomic E-state index is 11.8. The van der Waals surface area contributed by atoms with Gasteiger partial charge in [-0.15, -0.1) is 0 Å². The number of hydrogen-bond donors (Lipinski definition) is 0. The zero-order chi connectivity index (χ0) is 18.2. The largest absolute Gasteiger partial charge is 0.494 e. The Labute approximate surface area is 151 Å². The van der Waals surface area contributed by atoms with Crippen LogP contribution in [0.2, 0.25) is 0 Å². The molecule has 6 heteroatoms. The second kappa shape index (κ2) is 6.65. The quantitative estimate of drug-likeness (QED) is 0.787. The summed E-state index contributed by atoms with van der Waals surface area (Å²) in [5.41, 5.74) is 1.54. The summed E-state index contributed by atoms with van der Waals surface area (Å²) in [6.45, 7) is 13.5. The summed E-state index contributed by atoms with van der Waals surface area (Å²) in [5, 5.41) is 0. The van der Waals surface area contributed by atoms with Gasteiger partial charge in [0.05, 0.1) is 11.2 Å². The fourth-order valence-electron chi connectivity index (χ4n) is 3.28. The van der Waals surface area contributed by atoms with E-state index in [2.05, 4.69) is 56.9 Å². The van der Waals surface area contributed by atoms with Crippen molar-refractivity contribution in [2.45, 2.75) is 52.2 Å². The number of benzene rings is 1. The third-order valence-electron chi connectivity index (χ3n) is 5.70. The summed E-state index contributed by atoms with van der Waals surface area (Å²) >= 11 is 0. The standard InChI is InChI=1S/C19H29BN2O3/c1-6-17(23)22-12-10-21(11-13-22)16-9-7-8-15(14-16)20-24-18(2,3)19(4,5)25-20/h7-9,14H,6,10-13H2,1-5H3. The van der Waals surface area contributed by atoms with Crippen molar-refractivity contribution in [1.29, 1.82) is 0 Å². The number of carbonyl (C=O) groups is 1. The lowest BCUT2D eigenvalue weighted by Crippen LogP contribution is -2.49. The minimum Gasteiger partial charge on any atom is -0.399 e. The van der Waals surface area contributed by atoms with Crippen LogP contribution < -0.4 is 10.4 Å². The highest BCUT2D eigenvalue weighted by molar-refractivity contribution is 6.62. The molecule has 5 nitrogen and oxygen atoms in total. The van der Waals surface area contributed by atoms with E-state index in [1.807, 2.05) is 11.8 Å². The summed E-state index contributed by atoms with van der Waals surface area (Å²) < 4.78 is 12.3. The first-order valence-corrected chi connectivity index (χ1v) is 9.22. The molecule has 0 aliphatic carbocycles. The molecule has 0 atom stereocenters. The van der Waals surface area contributed by atoms with Gasteiger partial charge in [-0.05, 0) is 45.3 Å². The Balaban J connectivity index is 1.70. The lowest BCUT2D eigenvalue weighted by Gasteiger charge is -2.36. The van der Waals surface area contributed by atoms with Crippen molar-refractivity contribution in [3.63, 3.8) is 0 Å². The molecule has 2 fully saturated rings. The number of anilines is 1. The first-order valence-electron chi connectivity index (χ1n) is 9.22. The zero-order valence-electron chi connectivity index (χ0n) is 16.0. The predicted octanol–water partition coefficient (Wildman–Crippen LogP) is 2.04. The van der Waals surface area contributed by atoms with Crippen molar-refractivity contribution in [2.24, 2.45) is 0 Å². The number of amides is 1. The monoisotopic (exact) mass is 344 g/mol. The second-order valence-electron chi connectivity index (χ2n) is 7.90.